The molecular formula is C13H26N2O. The molecule has 94 valence electrons. The summed E-state index contributed by atoms with van der Waals surface area (Å²) in [5, 5.41) is 7.09. The van der Waals surface area contributed by atoms with Gasteiger partial charge in [0.15, 0.2) is 0 Å². The Bertz CT molecular complexity index is 214. The molecule has 2 N–H and O–H groups in total. The molecule has 2 fully saturated rings. The van der Waals surface area contributed by atoms with Crippen molar-refractivity contribution in [3.8, 4) is 0 Å². The molecule has 0 aromatic heterocycles. The predicted octanol–water partition coefficient (Wildman–Crippen LogP) is 1.39. The van der Waals surface area contributed by atoms with Crippen molar-refractivity contribution in [3.05, 3.63) is 0 Å². The van der Waals surface area contributed by atoms with Crippen molar-refractivity contribution in [2.24, 2.45) is 11.3 Å². The Balaban J connectivity index is 1.66. The lowest BCUT2D eigenvalue weighted by Gasteiger charge is -2.34. The number of nitrogens with one attached hydrogen (secondary N) is 2. The maximum Gasteiger partial charge on any atom is 0.0588 e. The fourth-order valence-corrected chi connectivity index (χ4v) is 2.81. The summed E-state index contributed by atoms with van der Waals surface area (Å²) in [7, 11) is 0. The first-order valence-electron chi connectivity index (χ1n) is 6.73. The molecule has 16 heavy (non-hydrogen) atoms. The Labute approximate surface area is 99.3 Å². The third-order valence-corrected chi connectivity index (χ3v) is 4.30. The fourth-order valence-electron chi connectivity index (χ4n) is 2.81. The molecule has 2 saturated heterocycles. The van der Waals surface area contributed by atoms with E-state index < -0.39 is 0 Å². The summed E-state index contributed by atoms with van der Waals surface area (Å²) in [5.74, 6) is 0.727. The zero-order valence-corrected chi connectivity index (χ0v) is 10.7. The monoisotopic (exact) mass is 226 g/mol. The van der Waals surface area contributed by atoms with E-state index in [2.05, 4.69) is 24.5 Å². The summed E-state index contributed by atoms with van der Waals surface area (Å²) in [5.41, 5.74) is 0.508. The van der Waals surface area contributed by atoms with Crippen molar-refractivity contribution in [3.63, 3.8) is 0 Å². The van der Waals surface area contributed by atoms with Crippen molar-refractivity contribution in [2.75, 3.05) is 32.8 Å². The van der Waals surface area contributed by atoms with E-state index in [9.17, 15) is 0 Å². The highest BCUT2D eigenvalue weighted by Gasteiger charge is 2.28. The van der Waals surface area contributed by atoms with E-state index in [0.29, 0.717) is 11.5 Å². The minimum absolute atomic E-state index is 0.452. The van der Waals surface area contributed by atoms with Gasteiger partial charge < -0.3 is 15.4 Å². The molecule has 0 radical (unpaired) electrons. The first kappa shape index (κ1) is 12.3. The molecule has 0 spiro atoms. The van der Waals surface area contributed by atoms with Crippen molar-refractivity contribution in [2.45, 2.75) is 39.2 Å². The minimum atomic E-state index is 0.452. The molecule has 2 aliphatic heterocycles. The van der Waals surface area contributed by atoms with Crippen LogP contribution in [0.15, 0.2) is 0 Å². The van der Waals surface area contributed by atoms with Crippen molar-refractivity contribution < 1.29 is 4.74 Å². The van der Waals surface area contributed by atoms with Crippen LogP contribution in [0.3, 0.4) is 0 Å². The average molecular weight is 226 g/mol. The lowest BCUT2D eigenvalue weighted by atomic mass is 9.81. The summed E-state index contributed by atoms with van der Waals surface area (Å²) < 4.78 is 5.58. The van der Waals surface area contributed by atoms with Gasteiger partial charge in [-0.05, 0) is 50.6 Å². The molecule has 2 heterocycles. The number of piperidine rings is 1. The fraction of sp³-hybridized carbons (Fsp3) is 1.00. The standard InChI is InChI=1S/C13H26N2O/c1-11-12(3-8-16-11)9-15-10-13(2)4-6-14-7-5-13/h11-12,14-15H,3-10H2,1-2H3. The number of hydrogen-bond donors (Lipinski definition) is 2. The van der Waals surface area contributed by atoms with Crippen LogP contribution < -0.4 is 10.6 Å². The highest BCUT2D eigenvalue weighted by atomic mass is 16.5. The van der Waals surface area contributed by atoms with Gasteiger partial charge in [0.05, 0.1) is 6.10 Å². The van der Waals surface area contributed by atoms with Gasteiger partial charge in [-0.3, -0.25) is 0 Å². The van der Waals surface area contributed by atoms with Crippen LogP contribution in [0.1, 0.15) is 33.1 Å². The summed E-state index contributed by atoms with van der Waals surface area (Å²) in [6.07, 6.45) is 4.29. The van der Waals surface area contributed by atoms with Crippen LogP contribution in [0.5, 0.6) is 0 Å². The molecule has 0 amide bonds. The van der Waals surface area contributed by atoms with Crippen molar-refractivity contribution >= 4 is 0 Å². The number of hydrogen-bond acceptors (Lipinski definition) is 3. The zero-order chi connectivity index (χ0) is 11.4. The van der Waals surface area contributed by atoms with E-state index in [1.807, 2.05) is 0 Å². The van der Waals surface area contributed by atoms with Crippen LogP contribution in [0, 0.1) is 11.3 Å². The van der Waals surface area contributed by atoms with Gasteiger partial charge in [-0.25, -0.2) is 0 Å². The van der Waals surface area contributed by atoms with Crippen LogP contribution in [0.25, 0.3) is 0 Å². The Kier molecular flexibility index (Phi) is 4.22. The maximum absolute atomic E-state index is 5.58. The topological polar surface area (TPSA) is 33.3 Å². The van der Waals surface area contributed by atoms with E-state index in [4.69, 9.17) is 4.74 Å². The van der Waals surface area contributed by atoms with Gasteiger partial charge in [-0.15, -0.1) is 0 Å². The zero-order valence-electron chi connectivity index (χ0n) is 10.7. The molecule has 2 unspecified atom stereocenters. The van der Waals surface area contributed by atoms with Crippen molar-refractivity contribution in [1.82, 2.24) is 10.6 Å². The van der Waals surface area contributed by atoms with E-state index in [1.54, 1.807) is 0 Å². The van der Waals surface area contributed by atoms with Gasteiger partial charge in [0.1, 0.15) is 0 Å². The molecule has 0 bridgehead atoms. The summed E-state index contributed by atoms with van der Waals surface area (Å²) in [6, 6.07) is 0. The Morgan fingerprint density at radius 3 is 2.75 bits per heavy atom. The lowest BCUT2D eigenvalue weighted by Crippen LogP contribution is -2.42. The van der Waals surface area contributed by atoms with Gasteiger partial charge in [0, 0.05) is 19.7 Å². The normalized spacial score (nSPS) is 34.1. The molecule has 3 heteroatoms. The Morgan fingerprint density at radius 1 is 1.38 bits per heavy atom. The molecular weight excluding hydrogens is 200 g/mol. The van der Waals surface area contributed by atoms with E-state index in [-0.39, 0.29) is 0 Å². The summed E-state index contributed by atoms with van der Waals surface area (Å²) in [6.45, 7) is 10.2. The molecule has 0 aliphatic carbocycles. The second-order valence-corrected chi connectivity index (χ2v) is 5.82. The lowest BCUT2D eigenvalue weighted by molar-refractivity contribution is 0.104. The Morgan fingerprint density at radius 2 is 2.12 bits per heavy atom. The average Bonchev–Trinajstić information content (AvgIpc) is 2.65. The second kappa shape index (κ2) is 5.48. The highest BCUT2D eigenvalue weighted by molar-refractivity contribution is 4.83. The van der Waals surface area contributed by atoms with Gasteiger partial charge in [0.25, 0.3) is 0 Å². The molecule has 2 aliphatic rings. The third-order valence-electron chi connectivity index (χ3n) is 4.30. The third kappa shape index (κ3) is 3.19. The van der Waals surface area contributed by atoms with E-state index in [1.165, 1.54) is 32.4 Å². The second-order valence-electron chi connectivity index (χ2n) is 5.82. The molecule has 2 atom stereocenters. The number of rotatable bonds is 4. The maximum atomic E-state index is 5.58. The first-order valence-corrected chi connectivity index (χ1v) is 6.73. The van der Waals surface area contributed by atoms with Crippen LogP contribution in [-0.4, -0.2) is 38.9 Å². The quantitative estimate of drug-likeness (QED) is 0.760. The molecule has 0 aromatic carbocycles. The minimum Gasteiger partial charge on any atom is -0.378 e. The molecule has 3 nitrogen and oxygen atoms in total. The summed E-state index contributed by atoms with van der Waals surface area (Å²) >= 11 is 0. The SMILES string of the molecule is CC1OCCC1CNCC1(C)CCNCC1. The van der Waals surface area contributed by atoms with Gasteiger partial charge >= 0.3 is 0 Å². The molecule has 0 aromatic rings. The molecule has 0 saturated carbocycles. The molecule has 2 rings (SSSR count). The number of ether oxygens (including phenoxy) is 1. The van der Waals surface area contributed by atoms with Gasteiger partial charge in [0.2, 0.25) is 0 Å². The largest absolute Gasteiger partial charge is 0.378 e. The predicted molar refractivity (Wildman–Crippen MR) is 66.6 cm³/mol. The van der Waals surface area contributed by atoms with Crippen molar-refractivity contribution in [1.29, 1.82) is 0 Å². The van der Waals surface area contributed by atoms with Crippen LogP contribution in [0.2, 0.25) is 0 Å². The van der Waals surface area contributed by atoms with E-state index >= 15 is 0 Å². The van der Waals surface area contributed by atoms with Gasteiger partial charge in [-0.2, -0.15) is 0 Å². The summed E-state index contributed by atoms with van der Waals surface area (Å²) in [4.78, 5) is 0. The highest BCUT2D eigenvalue weighted by Crippen LogP contribution is 2.27. The smallest absolute Gasteiger partial charge is 0.0588 e. The van der Waals surface area contributed by atoms with Gasteiger partial charge in [-0.1, -0.05) is 6.92 Å². The Hall–Kier alpha value is -0.120. The van der Waals surface area contributed by atoms with E-state index in [0.717, 1.165) is 25.6 Å². The van der Waals surface area contributed by atoms with Crippen LogP contribution in [-0.2, 0) is 4.74 Å². The van der Waals surface area contributed by atoms with Crippen LogP contribution in [0.4, 0.5) is 0 Å². The van der Waals surface area contributed by atoms with Crippen LogP contribution >= 0.6 is 0 Å². The first-order chi connectivity index (χ1) is 7.70.